The van der Waals surface area contributed by atoms with Crippen LogP contribution in [0.15, 0.2) is 64.0 Å². The quantitative estimate of drug-likeness (QED) is 0.455. The van der Waals surface area contributed by atoms with Gasteiger partial charge in [-0.05, 0) is 54.8 Å². The zero-order valence-corrected chi connectivity index (χ0v) is 18.2. The minimum atomic E-state index is -3.89. The predicted octanol–water partition coefficient (Wildman–Crippen LogP) is 3.02. The van der Waals surface area contributed by atoms with E-state index >= 15 is 0 Å². The van der Waals surface area contributed by atoms with Crippen LogP contribution in [0, 0.1) is 5.82 Å². The molecule has 31 heavy (non-hydrogen) atoms. The molecule has 3 aromatic rings. The van der Waals surface area contributed by atoms with Crippen LogP contribution in [0.1, 0.15) is 12.2 Å². The molecule has 0 saturated carbocycles. The molecule has 2 aromatic carbocycles. The monoisotopic (exact) mass is 465 g/mol. The lowest BCUT2D eigenvalue weighted by molar-refractivity contribution is -0.147. The fraction of sp³-hybridized carbons (Fsp3) is 0.250. The fourth-order valence-corrected chi connectivity index (χ4v) is 4.29. The van der Waals surface area contributed by atoms with E-state index in [4.69, 9.17) is 9.26 Å². The Labute approximate surface area is 183 Å². The van der Waals surface area contributed by atoms with E-state index in [1.807, 2.05) is 6.26 Å². The summed E-state index contributed by atoms with van der Waals surface area (Å²) in [5.41, 5.74) is 0.514. The number of sulfonamides is 1. The Balaban J connectivity index is 1.65. The molecule has 164 valence electrons. The summed E-state index contributed by atoms with van der Waals surface area (Å²) in [5, 5.41) is 3.73. The second-order valence-electron chi connectivity index (χ2n) is 6.40. The first-order valence-electron chi connectivity index (χ1n) is 9.20. The fourth-order valence-electron chi connectivity index (χ4n) is 2.57. The van der Waals surface area contributed by atoms with Crippen LogP contribution in [0.3, 0.4) is 0 Å². The van der Waals surface area contributed by atoms with Gasteiger partial charge in [-0.25, -0.2) is 12.8 Å². The lowest BCUT2D eigenvalue weighted by Crippen LogP contribution is -2.42. The predicted molar refractivity (Wildman–Crippen MR) is 113 cm³/mol. The summed E-state index contributed by atoms with van der Waals surface area (Å²) in [6.07, 6.45) is 2.10. The van der Waals surface area contributed by atoms with Gasteiger partial charge in [0, 0.05) is 5.56 Å². The molecule has 1 aromatic heterocycles. The van der Waals surface area contributed by atoms with E-state index < -0.39 is 27.9 Å². The van der Waals surface area contributed by atoms with Crippen LogP contribution in [0.2, 0.25) is 0 Å². The zero-order valence-electron chi connectivity index (χ0n) is 16.5. The van der Waals surface area contributed by atoms with Crippen LogP contribution in [0.25, 0.3) is 11.5 Å². The number of hydrogen-bond donors (Lipinski definition) is 1. The first kappa shape index (κ1) is 22.9. The van der Waals surface area contributed by atoms with Crippen molar-refractivity contribution in [3.05, 3.63) is 66.2 Å². The van der Waals surface area contributed by atoms with Gasteiger partial charge in [-0.2, -0.15) is 21.5 Å². The van der Waals surface area contributed by atoms with Gasteiger partial charge in [-0.15, -0.1) is 0 Å². The van der Waals surface area contributed by atoms with Gasteiger partial charge in [-0.3, -0.25) is 4.79 Å². The first-order chi connectivity index (χ1) is 14.9. The number of carbonyl (C=O) groups is 1. The standard InChI is InChI=1S/C20H20FN3O5S2/c1-30-12-11-17(24-31(26,27)16-5-3-2-4-6-16)20(25)28-13-18-22-19(29-23-18)14-7-9-15(21)10-8-14/h2-10,17,24H,11-13H2,1H3. The second-order valence-corrected chi connectivity index (χ2v) is 9.10. The van der Waals surface area contributed by atoms with Crippen LogP contribution >= 0.6 is 11.8 Å². The minimum Gasteiger partial charge on any atom is -0.456 e. The van der Waals surface area contributed by atoms with Crippen LogP contribution in [0.5, 0.6) is 0 Å². The lowest BCUT2D eigenvalue weighted by Gasteiger charge is -2.17. The largest absolute Gasteiger partial charge is 0.456 e. The Morgan fingerprint density at radius 3 is 2.58 bits per heavy atom. The Kier molecular flexibility index (Phi) is 7.77. The van der Waals surface area contributed by atoms with Crippen molar-refractivity contribution in [2.45, 2.75) is 24.0 Å². The zero-order chi connectivity index (χ0) is 22.3. The number of nitrogens with one attached hydrogen (secondary N) is 1. The third-order valence-electron chi connectivity index (χ3n) is 4.15. The lowest BCUT2D eigenvalue weighted by atomic mass is 10.2. The van der Waals surface area contributed by atoms with Gasteiger partial charge in [0.25, 0.3) is 5.89 Å². The van der Waals surface area contributed by atoms with E-state index in [0.29, 0.717) is 11.3 Å². The average Bonchev–Trinajstić information content (AvgIpc) is 3.25. The number of rotatable bonds is 10. The number of aromatic nitrogens is 2. The molecule has 8 nitrogen and oxygen atoms in total. The van der Waals surface area contributed by atoms with Crippen molar-refractivity contribution in [3.8, 4) is 11.5 Å². The molecular weight excluding hydrogens is 445 g/mol. The van der Waals surface area contributed by atoms with Crippen molar-refractivity contribution in [1.82, 2.24) is 14.9 Å². The highest BCUT2D eigenvalue weighted by Gasteiger charge is 2.27. The molecule has 0 saturated heterocycles. The van der Waals surface area contributed by atoms with E-state index in [1.165, 1.54) is 48.2 Å². The van der Waals surface area contributed by atoms with E-state index in [1.54, 1.807) is 18.2 Å². The maximum Gasteiger partial charge on any atom is 0.324 e. The van der Waals surface area contributed by atoms with Crippen molar-refractivity contribution < 1.29 is 26.9 Å². The third-order valence-corrected chi connectivity index (χ3v) is 6.28. The highest BCUT2D eigenvalue weighted by molar-refractivity contribution is 7.98. The number of thioether (sulfide) groups is 1. The smallest absolute Gasteiger partial charge is 0.324 e. The molecule has 1 heterocycles. The molecule has 0 bridgehead atoms. The van der Waals surface area contributed by atoms with E-state index in [0.717, 1.165) is 0 Å². The molecule has 3 rings (SSSR count). The number of ether oxygens (including phenoxy) is 1. The molecule has 0 aliphatic rings. The Morgan fingerprint density at radius 1 is 1.19 bits per heavy atom. The van der Waals surface area contributed by atoms with Gasteiger partial charge in [-0.1, -0.05) is 23.4 Å². The van der Waals surface area contributed by atoms with Crippen molar-refractivity contribution in [2.75, 3.05) is 12.0 Å². The molecule has 0 aliphatic heterocycles. The average molecular weight is 466 g/mol. The van der Waals surface area contributed by atoms with Crippen LogP contribution < -0.4 is 4.72 Å². The Hall–Kier alpha value is -2.76. The van der Waals surface area contributed by atoms with Crippen LogP contribution in [-0.2, 0) is 26.2 Å². The number of halogens is 1. The summed E-state index contributed by atoms with van der Waals surface area (Å²) >= 11 is 1.48. The summed E-state index contributed by atoms with van der Waals surface area (Å²) in [4.78, 5) is 16.7. The molecule has 0 spiro atoms. The molecule has 1 atom stereocenters. The maximum absolute atomic E-state index is 13.0. The minimum absolute atomic E-state index is 0.0547. The molecule has 0 radical (unpaired) electrons. The molecule has 1 N–H and O–H groups in total. The summed E-state index contributed by atoms with van der Waals surface area (Å²) in [6, 6.07) is 12.2. The van der Waals surface area contributed by atoms with Gasteiger partial charge in [0.05, 0.1) is 4.90 Å². The highest BCUT2D eigenvalue weighted by Crippen LogP contribution is 2.18. The van der Waals surface area contributed by atoms with Crippen molar-refractivity contribution in [2.24, 2.45) is 0 Å². The topological polar surface area (TPSA) is 111 Å². The Morgan fingerprint density at radius 2 is 1.90 bits per heavy atom. The Bertz CT molecular complexity index is 1110. The third kappa shape index (κ3) is 6.36. The van der Waals surface area contributed by atoms with Gasteiger partial charge in [0.2, 0.25) is 15.8 Å². The molecule has 0 amide bonds. The summed E-state index contributed by atoms with van der Waals surface area (Å²) in [6.45, 7) is -0.299. The van der Waals surface area contributed by atoms with Gasteiger partial charge < -0.3 is 9.26 Å². The highest BCUT2D eigenvalue weighted by atomic mass is 32.2. The van der Waals surface area contributed by atoms with Crippen molar-refractivity contribution >= 4 is 27.8 Å². The van der Waals surface area contributed by atoms with Crippen molar-refractivity contribution in [1.29, 1.82) is 0 Å². The molecule has 0 fully saturated rings. The normalized spacial score (nSPS) is 12.5. The van der Waals surface area contributed by atoms with Crippen molar-refractivity contribution in [3.63, 3.8) is 0 Å². The summed E-state index contributed by atoms with van der Waals surface area (Å²) < 4.78 is 50.9. The molecule has 0 aliphatic carbocycles. The summed E-state index contributed by atoms with van der Waals surface area (Å²) in [5.74, 6) is -0.348. The molecule has 1 unspecified atom stereocenters. The number of hydrogen-bond acceptors (Lipinski definition) is 8. The number of esters is 1. The van der Waals surface area contributed by atoms with Gasteiger partial charge in [0.1, 0.15) is 11.9 Å². The van der Waals surface area contributed by atoms with Crippen LogP contribution in [0.4, 0.5) is 4.39 Å². The molecule has 11 heteroatoms. The number of benzene rings is 2. The van der Waals surface area contributed by atoms with Crippen LogP contribution in [-0.4, -0.2) is 42.6 Å². The van der Waals surface area contributed by atoms with Gasteiger partial charge >= 0.3 is 5.97 Å². The first-order valence-corrected chi connectivity index (χ1v) is 12.1. The van der Waals surface area contributed by atoms with Gasteiger partial charge in [0.15, 0.2) is 6.61 Å². The van der Waals surface area contributed by atoms with E-state index in [9.17, 15) is 17.6 Å². The molecular formula is C20H20FN3O5S2. The van der Waals surface area contributed by atoms with E-state index in [2.05, 4.69) is 14.9 Å². The second kappa shape index (κ2) is 10.5. The number of nitrogens with zero attached hydrogens (tertiary/aromatic N) is 2. The number of carbonyl (C=O) groups excluding carboxylic acids is 1. The summed E-state index contributed by atoms with van der Waals surface area (Å²) in [7, 11) is -3.89. The maximum atomic E-state index is 13.0. The van der Waals surface area contributed by atoms with E-state index in [-0.39, 0.29) is 29.6 Å². The SMILES string of the molecule is CSCCC(NS(=O)(=O)c1ccccc1)C(=O)OCc1noc(-c2ccc(F)cc2)n1.